The van der Waals surface area contributed by atoms with Gasteiger partial charge in [-0.25, -0.2) is 0 Å². The highest BCUT2D eigenvalue weighted by molar-refractivity contribution is 7.12. The number of aromatic nitrogens is 2. The number of carbonyl (C=O) groups is 1. The molecule has 6 nitrogen and oxygen atoms in total. The fraction of sp³-hybridized carbons (Fsp3) is 0.222. The number of nitrogens with zero attached hydrogens (tertiary/aromatic N) is 1. The SMILES string of the molecule is O=C(Nc1c(-c2ccc3c(c2)OCO3)n[nH]c1C1CC1)c1cccs1. The highest BCUT2D eigenvalue weighted by Crippen LogP contribution is 2.46. The second kappa shape index (κ2) is 5.63. The molecule has 1 fully saturated rings. The zero-order valence-corrected chi connectivity index (χ0v) is 14.1. The number of hydrogen-bond acceptors (Lipinski definition) is 5. The Balaban J connectivity index is 1.54. The smallest absolute Gasteiger partial charge is 0.265 e. The first kappa shape index (κ1) is 14.5. The molecule has 1 amide bonds. The van der Waals surface area contributed by atoms with Gasteiger partial charge in [0.05, 0.1) is 16.3 Å². The second-order valence-corrected chi connectivity index (χ2v) is 7.08. The quantitative estimate of drug-likeness (QED) is 0.743. The molecule has 126 valence electrons. The van der Waals surface area contributed by atoms with Crippen LogP contribution in [0.2, 0.25) is 0 Å². The van der Waals surface area contributed by atoms with E-state index in [4.69, 9.17) is 9.47 Å². The number of ether oxygens (including phenoxy) is 2. The summed E-state index contributed by atoms with van der Waals surface area (Å²) in [5, 5.41) is 12.5. The minimum absolute atomic E-state index is 0.111. The molecule has 3 heterocycles. The predicted molar refractivity (Wildman–Crippen MR) is 94.4 cm³/mol. The van der Waals surface area contributed by atoms with E-state index in [0.29, 0.717) is 16.5 Å². The van der Waals surface area contributed by atoms with Crippen LogP contribution in [0.15, 0.2) is 35.7 Å². The number of anilines is 1. The summed E-state index contributed by atoms with van der Waals surface area (Å²) in [6, 6.07) is 9.39. The molecule has 2 N–H and O–H groups in total. The Bertz CT molecular complexity index is 945. The van der Waals surface area contributed by atoms with Crippen molar-refractivity contribution >= 4 is 22.9 Å². The highest BCUT2D eigenvalue weighted by Gasteiger charge is 2.31. The summed E-state index contributed by atoms with van der Waals surface area (Å²) in [7, 11) is 0. The summed E-state index contributed by atoms with van der Waals surface area (Å²) in [5.74, 6) is 1.75. The first-order valence-electron chi connectivity index (χ1n) is 8.13. The van der Waals surface area contributed by atoms with Gasteiger partial charge in [0.15, 0.2) is 11.5 Å². The van der Waals surface area contributed by atoms with Crippen LogP contribution in [0.25, 0.3) is 11.3 Å². The molecule has 1 saturated carbocycles. The summed E-state index contributed by atoms with van der Waals surface area (Å²) in [5.41, 5.74) is 3.37. The van der Waals surface area contributed by atoms with Crippen molar-refractivity contribution in [3.63, 3.8) is 0 Å². The monoisotopic (exact) mass is 353 g/mol. The molecule has 3 aromatic rings. The van der Waals surface area contributed by atoms with Gasteiger partial charge < -0.3 is 14.8 Å². The summed E-state index contributed by atoms with van der Waals surface area (Å²) in [4.78, 5) is 13.2. The lowest BCUT2D eigenvalue weighted by molar-refractivity contribution is 0.103. The molecule has 0 spiro atoms. The number of H-pyrrole nitrogens is 1. The number of amides is 1. The maximum Gasteiger partial charge on any atom is 0.265 e. The van der Waals surface area contributed by atoms with Crippen molar-refractivity contribution in [2.45, 2.75) is 18.8 Å². The molecule has 1 aromatic carbocycles. The summed E-state index contributed by atoms with van der Waals surface area (Å²) >= 11 is 1.42. The standard InChI is InChI=1S/C18H15N3O3S/c22-18(14-2-1-7-25-14)19-17-15(10-3-4-10)20-21-16(17)11-5-6-12-13(8-11)24-9-23-12/h1-2,5-8,10H,3-4,9H2,(H,19,22)(H,20,21). The van der Waals surface area contributed by atoms with Gasteiger partial charge in [-0.05, 0) is 42.5 Å². The summed E-state index contributed by atoms with van der Waals surface area (Å²) in [6.45, 7) is 0.231. The first-order chi connectivity index (χ1) is 12.3. The second-order valence-electron chi connectivity index (χ2n) is 6.13. The summed E-state index contributed by atoms with van der Waals surface area (Å²) in [6.07, 6.45) is 2.23. The maximum atomic E-state index is 12.6. The molecule has 0 atom stereocenters. The average molecular weight is 353 g/mol. The molecule has 7 heteroatoms. The Morgan fingerprint density at radius 2 is 2.12 bits per heavy atom. The molecule has 2 aromatic heterocycles. The van der Waals surface area contributed by atoms with Gasteiger partial charge in [0.2, 0.25) is 6.79 Å². The van der Waals surface area contributed by atoms with Crippen LogP contribution in [0.1, 0.15) is 34.1 Å². The molecule has 1 aliphatic heterocycles. The fourth-order valence-corrected chi connectivity index (χ4v) is 3.60. The number of rotatable bonds is 4. The van der Waals surface area contributed by atoms with Crippen LogP contribution < -0.4 is 14.8 Å². The Morgan fingerprint density at radius 1 is 1.24 bits per heavy atom. The van der Waals surface area contributed by atoms with Crippen LogP contribution in [-0.4, -0.2) is 22.9 Å². The average Bonchev–Trinajstić information content (AvgIpc) is 3.07. The minimum atomic E-state index is -0.111. The van der Waals surface area contributed by atoms with E-state index in [-0.39, 0.29) is 12.7 Å². The molecule has 0 saturated heterocycles. The van der Waals surface area contributed by atoms with Crippen LogP contribution in [0.4, 0.5) is 5.69 Å². The van der Waals surface area contributed by atoms with Gasteiger partial charge in [-0.3, -0.25) is 9.89 Å². The van der Waals surface area contributed by atoms with Gasteiger partial charge >= 0.3 is 0 Å². The number of nitrogens with one attached hydrogen (secondary N) is 2. The molecule has 1 aliphatic carbocycles. The molecule has 2 aliphatic rings. The van der Waals surface area contributed by atoms with Gasteiger partial charge in [0, 0.05) is 11.5 Å². The zero-order valence-electron chi connectivity index (χ0n) is 13.2. The van der Waals surface area contributed by atoms with Crippen LogP contribution >= 0.6 is 11.3 Å². The Hall–Kier alpha value is -2.80. The Kier molecular flexibility index (Phi) is 3.27. The number of thiophene rings is 1. The van der Waals surface area contributed by atoms with Crippen molar-refractivity contribution in [2.75, 3.05) is 12.1 Å². The maximum absolute atomic E-state index is 12.6. The van der Waals surface area contributed by atoms with Crippen molar-refractivity contribution in [3.8, 4) is 22.8 Å². The third-order valence-electron chi connectivity index (χ3n) is 4.41. The van der Waals surface area contributed by atoms with E-state index in [0.717, 1.165) is 41.2 Å². The van der Waals surface area contributed by atoms with Crippen molar-refractivity contribution in [2.24, 2.45) is 0 Å². The molecular formula is C18H15N3O3S. The van der Waals surface area contributed by atoms with E-state index in [2.05, 4.69) is 15.5 Å². The third kappa shape index (κ3) is 2.56. The number of aromatic amines is 1. The number of fused-ring (bicyclic) bond motifs is 1. The largest absolute Gasteiger partial charge is 0.454 e. The van der Waals surface area contributed by atoms with Crippen LogP contribution in [0, 0.1) is 0 Å². The number of hydrogen-bond donors (Lipinski definition) is 2. The normalized spacial score (nSPS) is 15.4. The first-order valence-corrected chi connectivity index (χ1v) is 9.00. The Morgan fingerprint density at radius 3 is 2.92 bits per heavy atom. The Labute approximate surface area is 147 Å². The number of benzene rings is 1. The van der Waals surface area contributed by atoms with Crippen molar-refractivity contribution < 1.29 is 14.3 Å². The minimum Gasteiger partial charge on any atom is -0.454 e. The van der Waals surface area contributed by atoms with Crippen LogP contribution in [-0.2, 0) is 0 Å². The predicted octanol–water partition coefficient (Wildman–Crippen LogP) is 4.00. The summed E-state index contributed by atoms with van der Waals surface area (Å²) < 4.78 is 10.8. The lowest BCUT2D eigenvalue weighted by atomic mass is 10.1. The highest BCUT2D eigenvalue weighted by atomic mass is 32.1. The van der Waals surface area contributed by atoms with E-state index >= 15 is 0 Å². The van der Waals surface area contributed by atoms with Gasteiger partial charge in [-0.1, -0.05) is 6.07 Å². The van der Waals surface area contributed by atoms with Gasteiger partial charge in [-0.2, -0.15) is 5.10 Å². The molecule has 0 bridgehead atoms. The topological polar surface area (TPSA) is 76.2 Å². The lowest BCUT2D eigenvalue weighted by Crippen LogP contribution is -2.11. The van der Waals surface area contributed by atoms with E-state index in [1.165, 1.54) is 11.3 Å². The fourth-order valence-electron chi connectivity index (χ4n) is 2.99. The van der Waals surface area contributed by atoms with E-state index in [1.807, 2.05) is 35.7 Å². The van der Waals surface area contributed by atoms with Crippen LogP contribution in [0.3, 0.4) is 0 Å². The van der Waals surface area contributed by atoms with Gasteiger partial charge in [0.25, 0.3) is 5.91 Å². The lowest BCUT2D eigenvalue weighted by Gasteiger charge is -2.08. The third-order valence-corrected chi connectivity index (χ3v) is 5.28. The van der Waals surface area contributed by atoms with E-state index in [1.54, 1.807) is 0 Å². The number of carbonyl (C=O) groups excluding carboxylic acids is 1. The van der Waals surface area contributed by atoms with E-state index in [9.17, 15) is 4.79 Å². The van der Waals surface area contributed by atoms with Crippen molar-refractivity contribution in [1.29, 1.82) is 0 Å². The molecule has 0 radical (unpaired) electrons. The molecular weight excluding hydrogens is 338 g/mol. The van der Waals surface area contributed by atoms with Gasteiger partial charge in [-0.15, -0.1) is 11.3 Å². The van der Waals surface area contributed by atoms with E-state index < -0.39 is 0 Å². The molecule has 0 unspecified atom stereocenters. The van der Waals surface area contributed by atoms with Crippen molar-refractivity contribution in [3.05, 3.63) is 46.3 Å². The van der Waals surface area contributed by atoms with Crippen LogP contribution in [0.5, 0.6) is 11.5 Å². The molecule has 25 heavy (non-hydrogen) atoms. The zero-order chi connectivity index (χ0) is 16.8. The van der Waals surface area contributed by atoms with Gasteiger partial charge in [0.1, 0.15) is 5.69 Å². The van der Waals surface area contributed by atoms with Crippen molar-refractivity contribution in [1.82, 2.24) is 10.2 Å². The molecule has 5 rings (SSSR count).